The summed E-state index contributed by atoms with van der Waals surface area (Å²) in [5, 5.41) is 0. The van der Waals surface area contributed by atoms with Gasteiger partial charge in [-0.15, -0.1) is 0 Å². The van der Waals surface area contributed by atoms with Crippen LogP contribution in [0.1, 0.15) is 16.7 Å². The predicted octanol–water partition coefficient (Wildman–Crippen LogP) is 3.19. The first-order valence-electron chi connectivity index (χ1n) is 6.31. The molecule has 3 nitrogen and oxygen atoms in total. The molecule has 0 saturated carbocycles. The maximum Gasteiger partial charge on any atom is 0.228 e. The van der Waals surface area contributed by atoms with E-state index in [4.69, 9.17) is 4.74 Å². The molecule has 0 aliphatic heterocycles. The number of Topliss-reactive ketones (excluding diaryl/α,β-unsaturated/α-hetero) is 1. The van der Waals surface area contributed by atoms with Crippen LogP contribution in [0.3, 0.4) is 0 Å². The van der Waals surface area contributed by atoms with E-state index in [9.17, 15) is 4.79 Å². The van der Waals surface area contributed by atoms with E-state index < -0.39 is 0 Å². The Morgan fingerprint density at radius 2 is 2.00 bits per heavy atom. The summed E-state index contributed by atoms with van der Waals surface area (Å²) in [4.78, 5) is 16.5. The molecule has 0 amide bonds. The highest BCUT2D eigenvalue weighted by molar-refractivity contribution is 6.34. The van der Waals surface area contributed by atoms with Crippen LogP contribution >= 0.6 is 0 Å². The molecule has 20 heavy (non-hydrogen) atoms. The summed E-state index contributed by atoms with van der Waals surface area (Å²) in [5.41, 5.74) is 3.43. The Morgan fingerprint density at radius 1 is 1.15 bits per heavy atom. The molecule has 98 valence electrons. The number of allylic oxidation sites excluding steroid dienone is 1. The SMILES string of the molecule is COC1=Cc2ccccc2C(=Cc2cccnc2)C1=O. The number of pyridine rings is 1. The molecule has 1 heterocycles. The number of carbonyl (C=O) groups is 1. The Hall–Kier alpha value is -2.68. The molecule has 3 heteroatoms. The van der Waals surface area contributed by atoms with E-state index in [2.05, 4.69) is 4.98 Å². The van der Waals surface area contributed by atoms with Crippen molar-refractivity contribution in [3.8, 4) is 0 Å². The highest BCUT2D eigenvalue weighted by Gasteiger charge is 2.24. The van der Waals surface area contributed by atoms with Gasteiger partial charge in [0.2, 0.25) is 5.78 Å². The van der Waals surface area contributed by atoms with E-state index in [0.29, 0.717) is 11.3 Å². The Morgan fingerprint density at radius 3 is 2.75 bits per heavy atom. The molecule has 0 fully saturated rings. The Labute approximate surface area is 117 Å². The molecule has 3 rings (SSSR count). The fourth-order valence-corrected chi connectivity index (χ4v) is 2.25. The van der Waals surface area contributed by atoms with Gasteiger partial charge in [-0.25, -0.2) is 0 Å². The Balaban J connectivity index is 2.17. The van der Waals surface area contributed by atoms with E-state index in [-0.39, 0.29) is 5.78 Å². The second-order valence-electron chi connectivity index (χ2n) is 4.47. The summed E-state index contributed by atoms with van der Waals surface area (Å²) >= 11 is 0. The standard InChI is InChI=1S/C17H13NO2/c1-20-16-10-13-6-2-3-7-14(13)15(17(16)19)9-12-5-4-8-18-11-12/h2-11H,1H3. The zero-order valence-corrected chi connectivity index (χ0v) is 11.0. The number of methoxy groups -OCH3 is 1. The Kier molecular flexibility index (Phi) is 3.17. The summed E-state index contributed by atoms with van der Waals surface area (Å²) in [6, 6.07) is 11.5. The van der Waals surface area contributed by atoms with Gasteiger partial charge in [0.25, 0.3) is 0 Å². The molecule has 0 unspecified atom stereocenters. The van der Waals surface area contributed by atoms with Crippen LogP contribution in [0.25, 0.3) is 17.7 Å². The van der Waals surface area contributed by atoms with Crippen molar-refractivity contribution in [3.63, 3.8) is 0 Å². The van der Waals surface area contributed by atoms with Gasteiger partial charge >= 0.3 is 0 Å². The molecule has 0 radical (unpaired) electrons. The fourth-order valence-electron chi connectivity index (χ4n) is 2.25. The molecule has 1 aromatic heterocycles. The molecule has 0 atom stereocenters. The molecular weight excluding hydrogens is 250 g/mol. The predicted molar refractivity (Wildman–Crippen MR) is 78.5 cm³/mol. The fraction of sp³-hybridized carbons (Fsp3) is 0.0588. The number of benzene rings is 1. The molecular formula is C17H13NO2. The van der Waals surface area contributed by atoms with Gasteiger partial charge in [0.05, 0.1) is 7.11 Å². The third-order valence-electron chi connectivity index (χ3n) is 3.22. The summed E-state index contributed by atoms with van der Waals surface area (Å²) in [7, 11) is 1.51. The number of rotatable bonds is 2. The molecule has 2 aromatic rings. The van der Waals surface area contributed by atoms with Crippen LogP contribution in [0.15, 0.2) is 54.6 Å². The van der Waals surface area contributed by atoms with Crippen LogP contribution in [0.5, 0.6) is 0 Å². The maximum absolute atomic E-state index is 12.4. The van der Waals surface area contributed by atoms with Crippen molar-refractivity contribution < 1.29 is 9.53 Å². The molecule has 0 N–H and O–H groups in total. The van der Waals surface area contributed by atoms with Gasteiger partial charge < -0.3 is 4.74 Å². The Bertz CT molecular complexity index is 715. The van der Waals surface area contributed by atoms with Gasteiger partial charge in [0, 0.05) is 18.0 Å². The maximum atomic E-state index is 12.4. The lowest BCUT2D eigenvalue weighted by molar-refractivity contribution is -0.113. The number of ketones is 1. The minimum Gasteiger partial charge on any atom is -0.493 e. The molecule has 1 aromatic carbocycles. The van der Waals surface area contributed by atoms with Gasteiger partial charge in [-0.1, -0.05) is 30.3 Å². The van der Waals surface area contributed by atoms with Crippen molar-refractivity contribution in [2.24, 2.45) is 0 Å². The van der Waals surface area contributed by atoms with Crippen LogP contribution in [-0.2, 0) is 9.53 Å². The summed E-state index contributed by atoms with van der Waals surface area (Å²) < 4.78 is 5.18. The summed E-state index contributed by atoms with van der Waals surface area (Å²) in [5.74, 6) is 0.258. The van der Waals surface area contributed by atoms with E-state index in [0.717, 1.165) is 16.7 Å². The van der Waals surface area contributed by atoms with Crippen molar-refractivity contribution in [2.45, 2.75) is 0 Å². The average Bonchev–Trinajstić information content (AvgIpc) is 2.51. The van der Waals surface area contributed by atoms with E-state index >= 15 is 0 Å². The second-order valence-corrected chi connectivity index (χ2v) is 4.47. The van der Waals surface area contributed by atoms with Gasteiger partial charge in [-0.3, -0.25) is 9.78 Å². The molecule has 0 bridgehead atoms. The third-order valence-corrected chi connectivity index (χ3v) is 3.22. The molecule has 0 saturated heterocycles. The van der Waals surface area contributed by atoms with Crippen LogP contribution in [0, 0.1) is 0 Å². The monoisotopic (exact) mass is 263 g/mol. The average molecular weight is 263 g/mol. The van der Waals surface area contributed by atoms with Gasteiger partial charge in [-0.2, -0.15) is 0 Å². The molecule has 1 aliphatic carbocycles. The molecule has 1 aliphatic rings. The first-order chi connectivity index (χ1) is 9.79. The summed E-state index contributed by atoms with van der Waals surface area (Å²) in [6.07, 6.45) is 7.06. The first-order valence-corrected chi connectivity index (χ1v) is 6.31. The van der Waals surface area contributed by atoms with Crippen LogP contribution < -0.4 is 0 Å². The highest BCUT2D eigenvalue weighted by atomic mass is 16.5. The minimum absolute atomic E-state index is 0.102. The lowest BCUT2D eigenvalue weighted by Crippen LogP contribution is -2.12. The van der Waals surface area contributed by atoms with Crippen molar-refractivity contribution in [3.05, 3.63) is 71.2 Å². The number of ether oxygens (including phenoxy) is 1. The second kappa shape index (κ2) is 5.13. The minimum atomic E-state index is -0.102. The van der Waals surface area contributed by atoms with Crippen LogP contribution in [0.2, 0.25) is 0 Å². The van der Waals surface area contributed by atoms with Crippen molar-refractivity contribution in [1.82, 2.24) is 4.98 Å². The first kappa shape index (κ1) is 12.4. The lowest BCUT2D eigenvalue weighted by Gasteiger charge is -2.17. The van der Waals surface area contributed by atoms with Gasteiger partial charge in [0.1, 0.15) is 0 Å². The van der Waals surface area contributed by atoms with Gasteiger partial charge in [-0.05, 0) is 34.9 Å². The highest BCUT2D eigenvalue weighted by Crippen LogP contribution is 2.31. The number of fused-ring (bicyclic) bond motifs is 1. The molecule has 0 spiro atoms. The topological polar surface area (TPSA) is 39.2 Å². The van der Waals surface area contributed by atoms with E-state index in [1.165, 1.54) is 7.11 Å². The number of hydrogen-bond donors (Lipinski definition) is 0. The number of hydrogen-bond acceptors (Lipinski definition) is 3. The number of carbonyl (C=O) groups excluding carboxylic acids is 1. The van der Waals surface area contributed by atoms with Crippen LogP contribution in [0.4, 0.5) is 0 Å². The van der Waals surface area contributed by atoms with Crippen molar-refractivity contribution >= 4 is 23.5 Å². The quantitative estimate of drug-likeness (QED) is 0.781. The zero-order valence-electron chi connectivity index (χ0n) is 11.0. The van der Waals surface area contributed by atoms with Crippen molar-refractivity contribution in [2.75, 3.05) is 7.11 Å². The smallest absolute Gasteiger partial charge is 0.228 e. The lowest BCUT2D eigenvalue weighted by atomic mass is 9.89. The zero-order chi connectivity index (χ0) is 13.9. The van der Waals surface area contributed by atoms with Gasteiger partial charge in [0.15, 0.2) is 5.76 Å². The summed E-state index contributed by atoms with van der Waals surface area (Å²) in [6.45, 7) is 0. The van der Waals surface area contributed by atoms with Crippen LogP contribution in [-0.4, -0.2) is 17.9 Å². The van der Waals surface area contributed by atoms with Crippen molar-refractivity contribution in [1.29, 1.82) is 0 Å². The van der Waals surface area contributed by atoms with E-state index in [1.54, 1.807) is 18.5 Å². The third kappa shape index (κ3) is 2.14. The number of aromatic nitrogens is 1. The normalized spacial score (nSPS) is 15.8. The van der Waals surface area contributed by atoms with E-state index in [1.807, 2.05) is 42.5 Å². The largest absolute Gasteiger partial charge is 0.493 e. The number of nitrogens with zero attached hydrogens (tertiary/aromatic N) is 1.